The molecule has 3 rings (SSSR count). The molecule has 1 fully saturated rings. The molecule has 2 heterocycles. The summed E-state index contributed by atoms with van der Waals surface area (Å²) in [7, 11) is 0. The summed E-state index contributed by atoms with van der Waals surface area (Å²) < 4.78 is 5.65. The molecule has 0 bridgehead atoms. The highest BCUT2D eigenvalue weighted by Gasteiger charge is 2.32. The topological polar surface area (TPSA) is 54.5 Å². The number of ether oxygens (including phenoxy) is 1. The SMILES string of the molecule is C/C=C(/CN(C(=O)C1CNCCO1)C1=CC1)c1c(Cl)ccnc1CC. The summed E-state index contributed by atoms with van der Waals surface area (Å²) in [5.41, 5.74) is 3.96. The van der Waals surface area contributed by atoms with Crippen LogP contribution in [0.15, 0.2) is 30.1 Å². The highest BCUT2D eigenvalue weighted by molar-refractivity contribution is 6.32. The lowest BCUT2D eigenvalue weighted by Gasteiger charge is -2.29. The number of aromatic nitrogens is 1. The lowest BCUT2D eigenvalue weighted by molar-refractivity contribution is -0.142. The number of aryl methyl sites for hydroxylation is 1. The fourth-order valence-electron chi connectivity index (χ4n) is 3.06. The average molecular weight is 362 g/mol. The number of hydrogen-bond acceptors (Lipinski definition) is 4. The van der Waals surface area contributed by atoms with Crippen molar-refractivity contribution in [2.24, 2.45) is 0 Å². The van der Waals surface area contributed by atoms with Gasteiger partial charge in [0.2, 0.25) is 0 Å². The summed E-state index contributed by atoms with van der Waals surface area (Å²) in [5.74, 6) is 0.00774. The maximum atomic E-state index is 12.9. The summed E-state index contributed by atoms with van der Waals surface area (Å²) in [4.78, 5) is 19.2. The number of hydrogen-bond donors (Lipinski definition) is 1. The van der Waals surface area contributed by atoms with E-state index in [0.29, 0.717) is 24.7 Å². The van der Waals surface area contributed by atoms with Gasteiger partial charge in [0.05, 0.1) is 18.2 Å². The van der Waals surface area contributed by atoms with E-state index in [9.17, 15) is 4.79 Å². The lowest BCUT2D eigenvalue weighted by atomic mass is 10.0. The molecule has 1 aromatic rings. The number of pyridine rings is 1. The maximum Gasteiger partial charge on any atom is 0.257 e. The Kier molecular flexibility index (Phi) is 5.89. The molecule has 1 saturated heterocycles. The number of nitrogens with one attached hydrogen (secondary N) is 1. The molecular weight excluding hydrogens is 338 g/mol. The Morgan fingerprint density at radius 2 is 2.36 bits per heavy atom. The van der Waals surface area contributed by atoms with Crippen molar-refractivity contribution in [3.05, 3.63) is 46.4 Å². The molecule has 1 aliphatic carbocycles. The first kappa shape index (κ1) is 18.1. The van der Waals surface area contributed by atoms with E-state index in [4.69, 9.17) is 16.3 Å². The summed E-state index contributed by atoms with van der Waals surface area (Å²) in [6, 6.07) is 1.80. The zero-order valence-corrected chi connectivity index (χ0v) is 15.5. The quantitative estimate of drug-likeness (QED) is 0.846. The molecule has 0 radical (unpaired) electrons. The van der Waals surface area contributed by atoms with Crippen molar-refractivity contribution >= 4 is 23.1 Å². The van der Waals surface area contributed by atoms with Gasteiger partial charge in [-0.1, -0.05) is 30.7 Å². The van der Waals surface area contributed by atoms with E-state index in [1.807, 2.05) is 17.9 Å². The van der Waals surface area contributed by atoms with Crippen LogP contribution in [0.3, 0.4) is 0 Å². The molecule has 25 heavy (non-hydrogen) atoms. The van der Waals surface area contributed by atoms with E-state index >= 15 is 0 Å². The Hall–Kier alpha value is -1.69. The Bertz CT molecular complexity index is 709. The zero-order chi connectivity index (χ0) is 17.8. The van der Waals surface area contributed by atoms with Crippen LogP contribution < -0.4 is 5.32 Å². The average Bonchev–Trinajstić information content (AvgIpc) is 3.48. The minimum atomic E-state index is -0.427. The molecule has 1 N–H and O–H groups in total. The van der Waals surface area contributed by atoms with Crippen molar-refractivity contribution in [1.82, 2.24) is 15.2 Å². The number of rotatable bonds is 6. The number of amides is 1. The third-order valence-corrected chi connectivity index (χ3v) is 4.83. The van der Waals surface area contributed by atoms with E-state index < -0.39 is 6.10 Å². The van der Waals surface area contributed by atoms with Crippen LogP contribution in [-0.4, -0.2) is 48.1 Å². The molecule has 0 spiro atoms. The smallest absolute Gasteiger partial charge is 0.257 e. The van der Waals surface area contributed by atoms with E-state index in [-0.39, 0.29) is 5.91 Å². The molecule has 5 nitrogen and oxygen atoms in total. The van der Waals surface area contributed by atoms with Crippen molar-refractivity contribution in [2.45, 2.75) is 32.8 Å². The van der Waals surface area contributed by atoms with Gasteiger partial charge in [-0.3, -0.25) is 9.78 Å². The van der Waals surface area contributed by atoms with Crippen LogP contribution in [0, 0.1) is 0 Å². The predicted octanol–water partition coefficient (Wildman–Crippen LogP) is 2.81. The number of allylic oxidation sites excluding steroid dienone is 3. The van der Waals surface area contributed by atoms with E-state index in [0.717, 1.165) is 41.9 Å². The fourth-order valence-corrected chi connectivity index (χ4v) is 3.34. The third kappa shape index (κ3) is 4.11. The Labute approximate surface area is 153 Å². The number of morpholine rings is 1. The van der Waals surface area contributed by atoms with Gasteiger partial charge in [0.25, 0.3) is 5.91 Å². The van der Waals surface area contributed by atoms with Crippen molar-refractivity contribution < 1.29 is 9.53 Å². The third-order valence-electron chi connectivity index (χ3n) is 4.51. The Morgan fingerprint density at radius 1 is 1.56 bits per heavy atom. The van der Waals surface area contributed by atoms with Gasteiger partial charge < -0.3 is 15.0 Å². The van der Waals surface area contributed by atoms with Crippen LogP contribution in [0.4, 0.5) is 0 Å². The molecule has 134 valence electrons. The van der Waals surface area contributed by atoms with Crippen LogP contribution in [0.5, 0.6) is 0 Å². The first-order valence-electron chi connectivity index (χ1n) is 8.77. The largest absolute Gasteiger partial charge is 0.366 e. The molecule has 1 aliphatic heterocycles. The Morgan fingerprint density at radius 3 is 2.96 bits per heavy atom. The molecule has 6 heteroatoms. The molecule has 0 saturated carbocycles. The number of nitrogens with zero attached hydrogens (tertiary/aromatic N) is 2. The van der Waals surface area contributed by atoms with Crippen LogP contribution in [0.1, 0.15) is 31.5 Å². The second kappa shape index (κ2) is 8.13. The van der Waals surface area contributed by atoms with E-state index in [1.165, 1.54) is 0 Å². The standard InChI is InChI=1S/C19H24ClN3O2/c1-3-13(18-15(20)7-8-22-16(18)4-2)12-23(14-5-6-14)19(24)17-11-21-9-10-25-17/h3,5,7-8,17,21H,4,6,9-12H2,1-2H3/b13-3-. The van der Waals surface area contributed by atoms with Crippen LogP contribution in [0.25, 0.3) is 5.57 Å². The zero-order valence-electron chi connectivity index (χ0n) is 14.7. The summed E-state index contributed by atoms with van der Waals surface area (Å²) >= 11 is 6.46. The number of halogens is 1. The second-order valence-corrected chi connectivity index (χ2v) is 6.58. The molecular formula is C19H24ClN3O2. The minimum Gasteiger partial charge on any atom is -0.366 e. The van der Waals surface area contributed by atoms with Gasteiger partial charge >= 0.3 is 0 Å². The molecule has 0 aromatic carbocycles. The van der Waals surface area contributed by atoms with Crippen molar-refractivity contribution in [3.63, 3.8) is 0 Å². The van der Waals surface area contributed by atoms with Gasteiger partial charge in [0.1, 0.15) is 6.10 Å². The van der Waals surface area contributed by atoms with Gasteiger partial charge in [-0.25, -0.2) is 0 Å². The highest BCUT2D eigenvalue weighted by atomic mass is 35.5. The Balaban J connectivity index is 1.84. The van der Waals surface area contributed by atoms with Gasteiger partial charge in [0, 0.05) is 42.7 Å². The summed E-state index contributed by atoms with van der Waals surface area (Å²) in [6.07, 6.45) is 7.02. The second-order valence-electron chi connectivity index (χ2n) is 6.17. The fraction of sp³-hybridized carbons (Fsp3) is 0.474. The van der Waals surface area contributed by atoms with Crippen molar-refractivity contribution in [3.8, 4) is 0 Å². The monoisotopic (exact) mass is 361 g/mol. The predicted molar refractivity (Wildman–Crippen MR) is 99.3 cm³/mol. The van der Waals surface area contributed by atoms with Crippen LogP contribution in [-0.2, 0) is 16.0 Å². The van der Waals surface area contributed by atoms with Gasteiger partial charge in [0.15, 0.2) is 0 Å². The molecule has 1 aromatic heterocycles. The first-order chi connectivity index (χ1) is 12.2. The molecule has 1 atom stereocenters. The lowest BCUT2D eigenvalue weighted by Crippen LogP contribution is -2.48. The van der Waals surface area contributed by atoms with Crippen LogP contribution in [0.2, 0.25) is 5.02 Å². The van der Waals surface area contributed by atoms with Crippen molar-refractivity contribution in [2.75, 3.05) is 26.2 Å². The highest BCUT2D eigenvalue weighted by Crippen LogP contribution is 2.32. The number of carbonyl (C=O) groups is 1. The van der Waals surface area contributed by atoms with E-state index in [2.05, 4.69) is 23.3 Å². The van der Waals surface area contributed by atoms with Gasteiger partial charge in [-0.2, -0.15) is 0 Å². The minimum absolute atomic E-state index is 0.00774. The van der Waals surface area contributed by atoms with Gasteiger partial charge in [-0.15, -0.1) is 0 Å². The summed E-state index contributed by atoms with van der Waals surface area (Å²) in [6.45, 7) is 6.43. The molecule has 1 unspecified atom stereocenters. The van der Waals surface area contributed by atoms with Crippen LogP contribution >= 0.6 is 11.6 Å². The molecule has 2 aliphatic rings. The summed E-state index contributed by atoms with van der Waals surface area (Å²) in [5, 5.41) is 3.89. The number of carbonyl (C=O) groups excluding carboxylic acids is 1. The normalized spacial score (nSPS) is 20.2. The van der Waals surface area contributed by atoms with Crippen molar-refractivity contribution in [1.29, 1.82) is 0 Å². The maximum absolute atomic E-state index is 12.9. The first-order valence-corrected chi connectivity index (χ1v) is 9.15. The molecule has 1 amide bonds. The van der Waals surface area contributed by atoms with E-state index in [1.54, 1.807) is 12.3 Å². The van der Waals surface area contributed by atoms with Gasteiger partial charge in [-0.05, 0) is 25.0 Å².